The molecule has 1 fully saturated rings. The maximum atomic E-state index is 13.7. The number of likely N-dealkylation sites (tertiary alicyclic amines) is 1. The minimum atomic E-state index is -4.59. The molecule has 1 saturated heterocycles. The van der Waals surface area contributed by atoms with E-state index in [9.17, 15) is 18.0 Å². The molecule has 3 N–H and O–H groups in total. The number of rotatable bonds is 10. The summed E-state index contributed by atoms with van der Waals surface area (Å²) in [6, 6.07) is 7.31. The predicted octanol–water partition coefficient (Wildman–Crippen LogP) is 3.59. The molecule has 4 rings (SSSR count). The molecule has 3 aromatic rings. The summed E-state index contributed by atoms with van der Waals surface area (Å²) in [5.41, 5.74) is 6.35. The molecule has 2 aromatic heterocycles. The van der Waals surface area contributed by atoms with Gasteiger partial charge < -0.3 is 11.1 Å². The van der Waals surface area contributed by atoms with E-state index in [-0.39, 0.29) is 36.9 Å². The van der Waals surface area contributed by atoms with E-state index >= 15 is 0 Å². The number of anilines is 2. The summed E-state index contributed by atoms with van der Waals surface area (Å²) in [7, 11) is 1.76. The van der Waals surface area contributed by atoms with E-state index in [1.165, 1.54) is 0 Å². The van der Waals surface area contributed by atoms with Crippen molar-refractivity contribution in [1.29, 1.82) is 0 Å². The van der Waals surface area contributed by atoms with Gasteiger partial charge in [-0.1, -0.05) is 24.3 Å². The van der Waals surface area contributed by atoms with Gasteiger partial charge in [0, 0.05) is 45.3 Å². The van der Waals surface area contributed by atoms with Crippen LogP contribution in [-0.4, -0.2) is 63.5 Å². The first kappa shape index (κ1) is 27.2. The van der Waals surface area contributed by atoms with Crippen LogP contribution < -0.4 is 11.1 Å². The van der Waals surface area contributed by atoms with Crippen molar-refractivity contribution in [2.45, 2.75) is 44.3 Å². The molecule has 38 heavy (non-hydrogen) atoms. The Morgan fingerprint density at radius 1 is 1.18 bits per heavy atom. The first-order valence-electron chi connectivity index (χ1n) is 12.4. The molecule has 12 heteroatoms. The fraction of sp³-hybridized carbons (Fsp3) is 0.423. The average Bonchev–Trinajstić information content (AvgIpc) is 3.35. The number of hydrogen-bond donors (Lipinski definition) is 2. The van der Waals surface area contributed by atoms with Crippen LogP contribution in [0.5, 0.6) is 0 Å². The number of aryl methyl sites for hydroxylation is 2. The summed E-state index contributed by atoms with van der Waals surface area (Å²) in [6.45, 7) is 2.71. The van der Waals surface area contributed by atoms with Gasteiger partial charge >= 0.3 is 6.18 Å². The highest BCUT2D eigenvalue weighted by Gasteiger charge is 2.35. The number of nitrogens with one attached hydrogen (secondary N) is 1. The van der Waals surface area contributed by atoms with Crippen molar-refractivity contribution in [3.63, 3.8) is 0 Å². The number of nitrogens with two attached hydrogens (primary N) is 1. The lowest BCUT2D eigenvalue weighted by atomic mass is 9.98. The monoisotopic (exact) mass is 528 g/mol. The van der Waals surface area contributed by atoms with Crippen LogP contribution in [0.1, 0.15) is 41.3 Å². The summed E-state index contributed by atoms with van der Waals surface area (Å²) < 4.78 is 43.0. The first-order chi connectivity index (χ1) is 18.2. The Balaban J connectivity index is 1.46. The number of amides is 1. The van der Waals surface area contributed by atoms with E-state index < -0.39 is 17.6 Å². The van der Waals surface area contributed by atoms with Gasteiger partial charge in [0.05, 0.1) is 35.6 Å². The lowest BCUT2D eigenvalue weighted by Gasteiger charge is -2.30. The third-order valence-corrected chi connectivity index (χ3v) is 6.60. The maximum absolute atomic E-state index is 13.7. The summed E-state index contributed by atoms with van der Waals surface area (Å²) in [6.07, 6.45) is 3.75. The molecule has 0 radical (unpaired) electrons. The van der Waals surface area contributed by atoms with Gasteiger partial charge in [0.25, 0.3) is 0 Å². The molecule has 0 unspecified atom stereocenters. The van der Waals surface area contributed by atoms with Crippen molar-refractivity contribution in [1.82, 2.24) is 24.6 Å². The number of aromatic nitrogens is 4. The van der Waals surface area contributed by atoms with Crippen molar-refractivity contribution in [3.8, 4) is 0 Å². The van der Waals surface area contributed by atoms with Gasteiger partial charge in [-0.3, -0.25) is 19.4 Å². The standard InChI is InChI=1S/C26H31F3N8O/c1-31-10-13-36-11-8-21(9-12-36)37-17-20(15-33-37)34-25-32-16-22(26(27,28)29)23(35-25)7-6-18-4-2-3-5-19(18)14-24(30)38/h2-5,10,15-17,21H,6-9,11-14H2,1H3,(H2,30,38)(H,32,34,35). The lowest BCUT2D eigenvalue weighted by Crippen LogP contribution is -2.35. The van der Waals surface area contributed by atoms with Crippen LogP contribution in [0, 0.1) is 0 Å². The smallest absolute Gasteiger partial charge is 0.369 e. The molecule has 3 heterocycles. The van der Waals surface area contributed by atoms with Gasteiger partial charge in [-0.15, -0.1) is 0 Å². The zero-order valence-corrected chi connectivity index (χ0v) is 21.2. The number of halogens is 3. The van der Waals surface area contributed by atoms with Crippen LogP contribution in [0.25, 0.3) is 0 Å². The summed E-state index contributed by atoms with van der Waals surface area (Å²) in [4.78, 5) is 25.9. The molecular weight excluding hydrogens is 497 g/mol. The Bertz CT molecular complexity index is 1270. The SMILES string of the molecule is CN=CCN1CCC(n2cc(Nc3ncc(C(F)(F)F)c(CCc4ccccc4CC(N)=O)n3)cn2)CC1. The molecule has 0 spiro atoms. The quantitative estimate of drug-likeness (QED) is 0.389. The van der Waals surface area contributed by atoms with Crippen molar-refractivity contribution < 1.29 is 18.0 Å². The zero-order valence-electron chi connectivity index (χ0n) is 21.2. The largest absolute Gasteiger partial charge is 0.419 e. The van der Waals surface area contributed by atoms with Gasteiger partial charge in [-0.25, -0.2) is 9.97 Å². The highest BCUT2D eigenvalue weighted by Crippen LogP contribution is 2.32. The van der Waals surface area contributed by atoms with Crippen LogP contribution in [-0.2, 0) is 30.2 Å². The van der Waals surface area contributed by atoms with Crippen LogP contribution in [0.4, 0.5) is 24.8 Å². The Labute approximate surface area is 219 Å². The molecule has 202 valence electrons. The molecule has 1 aromatic carbocycles. The van der Waals surface area contributed by atoms with E-state index in [2.05, 4.69) is 30.3 Å². The highest BCUT2D eigenvalue weighted by atomic mass is 19.4. The van der Waals surface area contributed by atoms with E-state index in [1.54, 1.807) is 37.5 Å². The lowest BCUT2D eigenvalue weighted by molar-refractivity contribution is -0.138. The molecule has 0 aliphatic carbocycles. The second kappa shape index (κ2) is 12.2. The van der Waals surface area contributed by atoms with Crippen LogP contribution >= 0.6 is 0 Å². The van der Waals surface area contributed by atoms with Crippen LogP contribution in [0.3, 0.4) is 0 Å². The van der Waals surface area contributed by atoms with E-state index in [0.717, 1.165) is 44.2 Å². The number of hydrogen-bond acceptors (Lipinski definition) is 7. The molecular formula is C26H31F3N8O. The Hall–Kier alpha value is -3.80. The van der Waals surface area contributed by atoms with Crippen LogP contribution in [0.15, 0.2) is 47.8 Å². The number of piperidine rings is 1. The number of carbonyl (C=O) groups is 1. The van der Waals surface area contributed by atoms with Crippen molar-refractivity contribution >= 4 is 23.8 Å². The van der Waals surface area contributed by atoms with Gasteiger partial charge in [-0.2, -0.15) is 18.3 Å². The summed E-state index contributed by atoms with van der Waals surface area (Å²) in [5, 5.41) is 7.44. The molecule has 0 atom stereocenters. The number of benzene rings is 1. The van der Waals surface area contributed by atoms with Crippen molar-refractivity contribution in [3.05, 3.63) is 65.2 Å². The Morgan fingerprint density at radius 2 is 1.92 bits per heavy atom. The van der Waals surface area contributed by atoms with Crippen LogP contribution in [0.2, 0.25) is 0 Å². The zero-order chi connectivity index (χ0) is 27.1. The third-order valence-electron chi connectivity index (χ3n) is 6.60. The second-order valence-electron chi connectivity index (χ2n) is 9.27. The molecule has 1 aliphatic heterocycles. The normalized spacial score (nSPS) is 15.3. The molecule has 9 nitrogen and oxygen atoms in total. The van der Waals surface area contributed by atoms with Gasteiger partial charge in [-0.05, 0) is 36.8 Å². The average molecular weight is 529 g/mol. The number of carbonyl (C=O) groups excluding carboxylic acids is 1. The van der Waals surface area contributed by atoms with Crippen molar-refractivity contribution in [2.75, 3.05) is 32.0 Å². The highest BCUT2D eigenvalue weighted by molar-refractivity contribution is 5.77. The molecule has 1 amide bonds. The first-order valence-corrected chi connectivity index (χ1v) is 12.4. The fourth-order valence-corrected chi connectivity index (χ4v) is 4.61. The van der Waals surface area contributed by atoms with E-state index in [0.29, 0.717) is 11.3 Å². The molecule has 0 saturated carbocycles. The van der Waals surface area contributed by atoms with E-state index in [4.69, 9.17) is 5.73 Å². The van der Waals surface area contributed by atoms with Gasteiger partial charge in [0.15, 0.2) is 0 Å². The summed E-state index contributed by atoms with van der Waals surface area (Å²) in [5.74, 6) is -0.439. The fourth-order valence-electron chi connectivity index (χ4n) is 4.61. The predicted molar refractivity (Wildman–Crippen MR) is 138 cm³/mol. The van der Waals surface area contributed by atoms with Crippen molar-refractivity contribution in [2.24, 2.45) is 10.7 Å². The van der Waals surface area contributed by atoms with Gasteiger partial charge in [0.2, 0.25) is 11.9 Å². The number of nitrogens with zero attached hydrogens (tertiary/aromatic N) is 6. The third kappa shape index (κ3) is 7.15. The number of primary amides is 1. The number of alkyl halides is 3. The topological polar surface area (TPSA) is 114 Å². The minimum Gasteiger partial charge on any atom is -0.369 e. The minimum absolute atomic E-state index is 0.0163. The summed E-state index contributed by atoms with van der Waals surface area (Å²) >= 11 is 0. The molecule has 0 bridgehead atoms. The second-order valence-corrected chi connectivity index (χ2v) is 9.27. The van der Waals surface area contributed by atoms with Gasteiger partial charge in [0.1, 0.15) is 0 Å². The number of aliphatic imine (C=N–C) groups is 1. The maximum Gasteiger partial charge on any atom is 0.419 e. The van der Waals surface area contributed by atoms with E-state index in [1.807, 2.05) is 17.1 Å². The molecule has 1 aliphatic rings. The Kier molecular flexibility index (Phi) is 8.72. The Morgan fingerprint density at radius 3 is 2.61 bits per heavy atom.